The molecule has 0 spiro atoms. The van der Waals surface area contributed by atoms with E-state index in [4.69, 9.17) is 14.5 Å². The molecule has 0 aliphatic carbocycles. The number of guanidine groups is 1. The molecule has 0 radical (unpaired) electrons. The molecule has 152 valence electrons. The number of hydrogen-bond acceptors (Lipinski definition) is 4. The summed E-state index contributed by atoms with van der Waals surface area (Å²) < 4.78 is 10.6. The number of nitrogens with one attached hydrogen (secondary N) is 2. The van der Waals surface area contributed by atoms with Crippen LogP contribution in [0.4, 0.5) is 0 Å². The summed E-state index contributed by atoms with van der Waals surface area (Å²) in [6.07, 6.45) is 5.01. The Balaban J connectivity index is 1.80. The summed E-state index contributed by atoms with van der Waals surface area (Å²) in [6.45, 7) is 9.52. The number of likely N-dealkylation sites (tertiary alicyclic amines) is 1. The lowest BCUT2D eigenvalue weighted by Crippen LogP contribution is -2.43. The van der Waals surface area contributed by atoms with Gasteiger partial charge in [0.15, 0.2) is 5.96 Å². The van der Waals surface area contributed by atoms with Crippen molar-refractivity contribution < 1.29 is 9.47 Å². The molecule has 1 fully saturated rings. The third-order valence-electron chi connectivity index (χ3n) is 4.71. The monoisotopic (exact) mass is 376 g/mol. The van der Waals surface area contributed by atoms with Gasteiger partial charge in [0.2, 0.25) is 0 Å². The quantitative estimate of drug-likeness (QED) is 0.353. The molecule has 6 nitrogen and oxygen atoms in total. The van der Waals surface area contributed by atoms with Gasteiger partial charge in [-0.05, 0) is 57.0 Å². The van der Waals surface area contributed by atoms with Crippen LogP contribution >= 0.6 is 0 Å². The first-order chi connectivity index (χ1) is 13.3. The summed E-state index contributed by atoms with van der Waals surface area (Å²) >= 11 is 0. The molecular weight excluding hydrogens is 340 g/mol. The van der Waals surface area contributed by atoms with Crippen molar-refractivity contribution in [2.45, 2.75) is 39.2 Å². The normalized spacial score (nSPS) is 15.6. The van der Waals surface area contributed by atoms with Gasteiger partial charge in [0, 0.05) is 32.8 Å². The van der Waals surface area contributed by atoms with Gasteiger partial charge < -0.3 is 25.0 Å². The molecule has 0 amide bonds. The van der Waals surface area contributed by atoms with Crippen molar-refractivity contribution in [2.24, 2.45) is 4.99 Å². The lowest BCUT2D eigenvalue weighted by Gasteiger charge is -2.26. The molecule has 0 aromatic heterocycles. The molecule has 1 aliphatic rings. The zero-order valence-corrected chi connectivity index (χ0v) is 17.0. The Bertz CT molecular complexity index is 527. The van der Waals surface area contributed by atoms with Crippen LogP contribution in [0.25, 0.3) is 0 Å². The average Bonchev–Trinajstić information content (AvgIpc) is 2.72. The van der Waals surface area contributed by atoms with Crippen LogP contribution in [0, 0.1) is 0 Å². The Hall–Kier alpha value is -1.79. The number of hydrogen-bond donors (Lipinski definition) is 2. The van der Waals surface area contributed by atoms with Crippen LogP contribution in [0.1, 0.15) is 38.2 Å². The van der Waals surface area contributed by atoms with Gasteiger partial charge in [0.05, 0.1) is 13.7 Å². The molecule has 1 aromatic carbocycles. The number of aliphatic imine (C=N–C) groups is 1. The van der Waals surface area contributed by atoms with Gasteiger partial charge in [-0.2, -0.15) is 0 Å². The molecule has 1 aromatic rings. The first kappa shape index (κ1) is 21.5. The summed E-state index contributed by atoms with van der Waals surface area (Å²) in [7, 11) is 1.68. The van der Waals surface area contributed by atoms with Crippen molar-refractivity contribution in [1.29, 1.82) is 0 Å². The molecule has 0 bridgehead atoms. The highest BCUT2D eigenvalue weighted by Crippen LogP contribution is 2.11. The van der Waals surface area contributed by atoms with E-state index in [0.29, 0.717) is 6.54 Å². The zero-order valence-electron chi connectivity index (χ0n) is 17.0. The molecule has 1 aliphatic heterocycles. The number of methoxy groups -OCH3 is 1. The Morgan fingerprint density at radius 3 is 2.52 bits per heavy atom. The van der Waals surface area contributed by atoms with Crippen LogP contribution in [0.2, 0.25) is 0 Å². The fourth-order valence-electron chi connectivity index (χ4n) is 3.12. The second kappa shape index (κ2) is 13.4. The van der Waals surface area contributed by atoms with E-state index < -0.39 is 0 Å². The van der Waals surface area contributed by atoms with E-state index in [0.717, 1.165) is 51.0 Å². The summed E-state index contributed by atoms with van der Waals surface area (Å²) in [5.41, 5.74) is 1.17. The summed E-state index contributed by atoms with van der Waals surface area (Å²) in [4.78, 5) is 7.28. The van der Waals surface area contributed by atoms with Crippen LogP contribution in [-0.2, 0) is 11.3 Å². The molecular formula is C21H36N4O2. The molecule has 27 heavy (non-hydrogen) atoms. The maximum Gasteiger partial charge on any atom is 0.191 e. The predicted molar refractivity (Wildman–Crippen MR) is 112 cm³/mol. The summed E-state index contributed by atoms with van der Waals surface area (Å²) in [5.74, 6) is 1.75. The van der Waals surface area contributed by atoms with Crippen LogP contribution in [0.15, 0.2) is 29.3 Å². The molecule has 0 atom stereocenters. The van der Waals surface area contributed by atoms with E-state index in [9.17, 15) is 0 Å². The Morgan fingerprint density at radius 2 is 1.81 bits per heavy atom. The average molecular weight is 377 g/mol. The molecule has 0 saturated carbocycles. The van der Waals surface area contributed by atoms with E-state index >= 15 is 0 Å². The van der Waals surface area contributed by atoms with Crippen LogP contribution in [0.5, 0.6) is 5.75 Å². The van der Waals surface area contributed by atoms with E-state index in [1.54, 1.807) is 7.11 Å². The van der Waals surface area contributed by atoms with Crippen molar-refractivity contribution >= 4 is 5.96 Å². The Kier molecular flexibility index (Phi) is 10.7. The van der Waals surface area contributed by atoms with Gasteiger partial charge in [-0.25, -0.2) is 4.99 Å². The lowest BCUT2D eigenvalue weighted by molar-refractivity contribution is 0.145. The molecule has 1 saturated heterocycles. The molecule has 0 unspecified atom stereocenters. The predicted octanol–water partition coefficient (Wildman–Crippen LogP) is 2.64. The van der Waals surface area contributed by atoms with E-state index in [-0.39, 0.29) is 0 Å². The minimum Gasteiger partial charge on any atom is -0.497 e. The highest BCUT2D eigenvalue weighted by atomic mass is 16.5. The van der Waals surface area contributed by atoms with Gasteiger partial charge >= 0.3 is 0 Å². The molecule has 1 heterocycles. The minimum atomic E-state index is 0.647. The fraction of sp³-hybridized carbons (Fsp3) is 0.667. The maximum atomic E-state index is 5.41. The second-order valence-electron chi connectivity index (χ2n) is 6.82. The van der Waals surface area contributed by atoms with Crippen molar-refractivity contribution in [3.8, 4) is 5.75 Å². The number of rotatable bonds is 11. The summed E-state index contributed by atoms with van der Waals surface area (Å²) in [6, 6.07) is 8.07. The smallest absolute Gasteiger partial charge is 0.191 e. The topological polar surface area (TPSA) is 58.1 Å². The van der Waals surface area contributed by atoms with E-state index in [1.807, 2.05) is 19.1 Å². The van der Waals surface area contributed by atoms with Crippen molar-refractivity contribution in [3.05, 3.63) is 29.8 Å². The van der Waals surface area contributed by atoms with Gasteiger partial charge in [-0.15, -0.1) is 0 Å². The molecule has 2 N–H and O–H groups in total. The number of nitrogens with zero attached hydrogens (tertiary/aromatic N) is 2. The molecule has 6 heteroatoms. The maximum absolute atomic E-state index is 5.41. The van der Waals surface area contributed by atoms with E-state index in [2.05, 4.69) is 27.7 Å². The number of ether oxygens (including phenoxy) is 2. The van der Waals surface area contributed by atoms with Crippen LogP contribution in [-0.4, -0.2) is 63.9 Å². The third kappa shape index (κ3) is 9.11. The first-order valence-electron chi connectivity index (χ1n) is 10.3. The zero-order chi connectivity index (χ0) is 19.2. The third-order valence-corrected chi connectivity index (χ3v) is 4.71. The molecule has 2 rings (SSSR count). The summed E-state index contributed by atoms with van der Waals surface area (Å²) in [5, 5.41) is 6.91. The van der Waals surface area contributed by atoms with E-state index in [1.165, 1.54) is 37.9 Å². The standard InChI is InChI=1S/C21H36N4O2/c1-3-27-17-7-12-22-21(23-13-16-25-14-5-4-6-15-25)24-18-19-8-10-20(26-2)11-9-19/h8-11H,3-7,12-18H2,1-2H3,(H2,22,23,24). The number of piperidine rings is 1. The Morgan fingerprint density at radius 1 is 1.07 bits per heavy atom. The lowest BCUT2D eigenvalue weighted by atomic mass is 10.1. The fourth-order valence-corrected chi connectivity index (χ4v) is 3.12. The second-order valence-corrected chi connectivity index (χ2v) is 6.82. The largest absolute Gasteiger partial charge is 0.497 e. The highest BCUT2D eigenvalue weighted by molar-refractivity contribution is 5.79. The number of benzene rings is 1. The van der Waals surface area contributed by atoms with Crippen molar-refractivity contribution in [2.75, 3.05) is 53.0 Å². The van der Waals surface area contributed by atoms with Crippen molar-refractivity contribution in [3.63, 3.8) is 0 Å². The van der Waals surface area contributed by atoms with Gasteiger partial charge in [0.25, 0.3) is 0 Å². The van der Waals surface area contributed by atoms with Gasteiger partial charge in [-0.3, -0.25) is 0 Å². The van der Waals surface area contributed by atoms with Crippen LogP contribution < -0.4 is 15.4 Å². The first-order valence-corrected chi connectivity index (χ1v) is 10.3. The minimum absolute atomic E-state index is 0.647. The highest BCUT2D eigenvalue weighted by Gasteiger charge is 2.09. The SMILES string of the molecule is CCOCCCNC(=NCc1ccc(OC)cc1)NCCN1CCCCC1. The van der Waals surface area contributed by atoms with Gasteiger partial charge in [0.1, 0.15) is 5.75 Å². The van der Waals surface area contributed by atoms with Crippen molar-refractivity contribution in [1.82, 2.24) is 15.5 Å². The van der Waals surface area contributed by atoms with Crippen LogP contribution in [0.3, 0.4) is 0 Å². The van der Waals surface area contributed by atoms with Gasteiger partial charge in [-0.1, -0.05) is 18.6 Å². The Labute approximate surface area is 164 Å².